The highest BCUT2D eigenvalue weighted by Gasteiger charge is 2.33. The summed E-state index contributed by atoms with van der Waals surface area (Å²) < 4.78 is 0. The van der Waals surface area contributed by atoms with E-state index >= 15 is 0 Å². The van der Waals surface area contributed by atoms with E-state index in [1.54, 1.807) is 32.0 Å². The monoisotopic (exact) mass is 245 g/mol. The molecule has 0 amide bonds. The van der Waals surface area contributed by atoms with Crippen LogP contribution in [-0.2, 0) is 4.79 Å². The standard InChI is InChI=1S/C13H15N3O2/c1-13(2,12(17)18)16(3)11-8-14-9-6-4-5-7-10(9)15-11/h4-8H,1-3H3,(H,17,18). The summed E-state index contributed by atoms with van der Waals surface area (Å²) in [6.07, 6.45) is 1.59. The number of likely N-dealkylation sites (N-methyl/N-ethyl adjacent to an activating group) is 1. The molecular weight excluding hydrogens is 230 g/mol. The molecule has 94 valence electrons. The van der Waals surface area contributed by atoms with E-state index < -0.39 is 11.5 Å². The Bertz CT molecular complexity index is 596. The first-order valence-corrected chi connectivity index (χ1v) is 5.62. The number of nitrogens with zero attached hydrogens (tertiary/aromatic N) is 3. The first-order chi connectivity index (χ1) is 8.43. The first kappa shape index (κ1) is 12.3. The molecule has 18 heavy (non-hydrogen) atoms. The number of benzene rings is 1. The Kier molecular flexibility index (Phi) is 2.90. The molecule has 0 saturated carbocycles. The van der Waals surface area contributed by atoms with Gasteiger partial charge in [0.15, 0.2) is 0 Å². The number of carboxylic acids is 1. The molecule has 0 spiro atoms. The summed E-state index contributed by atoms with van der Waals surface area (Å²) in [7, 11) is 1.70. The van der Waals surface area contributed by atoms with Gasteiger partial charge in [-0.2, -0.15) is 0 Å². The van der Waals surface area contributed by atoms with Crippen LogP contribution in [0.25, 0.3) is 11.0 Å². The number of anilines is 1. The lowest BCUT2D eigenvalue weighted by atomic mass is 10.0. The highest BCUT2D eigenvalue weighted by atomic mass is 16.4. The Morgan fingerprint density at radius 1 is 1.28 bits per heavy atom. The largest absolute Gasteiger partial charge is 0.480 e. The zero-order valence-electron chi connectivity index (χ0n) is 10.6. The maximum Gasteiger partial charge on any atom is 0.328 e. The van der Waals surface area contributed by atoms with Crippen molar-refractivity contribution in [3.05, 3.63) is 30.5 Å². The predicted octanol–water partition coefficient (Wildman–Crippen LogP) is 1.93. The lowest BCUT2D eigenvalue weighted by Crippen LogP contribution is -2.48. The number of aromatic nitrogens is 2. The average Bonchev–Trinajstić information content (AvgIpc) is 2.37. The van der Waals surface area contributed by atoms with Gasteiger partial charge in [0.2, 0.25) is 0 Å². The molecule has 0 saturated heterocycles. The van der Waals surface area contributed by atoms with Gasteiger partial charge in [-0.15, -0.1) is 0 Å². The number of carboxylic acid groups (broad SMARTS) is 1. The van der Waals surface area contributed by atoms with Gasteiger partial charge in [-0.1, -0.05) is 12.1 Å². The summed E-state index contributed by atoms with van der Waals surface area (Å²) in [4.78, 5) is 21.5. The Hall–Kier alpha value is -2.17. The molecule has 2 rings (SSSR count). The van der Waals surface area contributed by atoms with E-state index in [0.717, 1.165) is 11.0 Å². The number of rotatable bonds is 3. The molecule has 0 radical (unpaired) electrons. The van der Waals surface area contributed by atoms with Crippen LogP contribution < -0.4 is 4.90 Å². The fraction of sp³-hybridized carbons (Fsp3) is 0.308. The van der Waals surface area contributed by atoms with E-state index in [-0.39, 0.29) is 0 Å². The summed E-state index contributed by atoms with van der Waals surface area (Å²) in [6, 6.07) is 7.49. The molecule has 0 unspecified atom stereocenters. The van der Waals surface area contributed by atoms with Crippen LogP contribution in [-0.4, -0.2) is 33.6 Å². The molecule has 0 fully saturated rings. The van der Waals surface area contributed by atoms with E-state index in [1.165, 1.54) is 0 Å². The summed E-state index contributed by atoms with van der Waals surface area (Å²) in [5.74, 6) is -0.360. The van der Waals surface area contributed by atoms with Gasteiger partial charge in [-0.3, -0.25) is 4.98 Å². The zero-order valence-corrected chi connectivity index (χ0v) is 10.6. The van der Waals surface area contributed by atoms with Crippen LogP contribution in [0, 0.1) is 0 Å². The second-order valence-electron chi connectivity index (χ2n) is 4.64. The van der Waals surface area contributed by atoms with Crippen molar-refractivity contribution in [2.75, 3.05) is 11.9 Å². The average molecular weight is 245 g/mol. The first-order valence-electron chi connectivity index (χ1n) is 5.62. The number of para-hydroxylation sites is 2. The van der Waals surface area contributed by atoms with Crippen LogP contribution in [0.5, 0.6) is 0 Å². The minimum absolute atomic E-state index is 0.543. The van der Waals surface area contributed by atoms with Crippen molar-refractivity contribution in [2.45, 2.75) is 19.4 Å². The van der Waals surface area contributed by atoms with Crippen LogP contribution in [0.2, 0.25) is 0 Å². The molecule has 1 aromatic carbocycles. The van der Waals surface area contributed by atoms with Crippen molar-refractivity contribution in [1.82, 2.24) is 9.97 Å². The molecule has 0 atom stereocenters. The van der Waals surface area contributed by atoms with Crippen LogP contribution >= 0.6 is 0 Å². The van der Waals surface area contributed by atoms with Crippen LogP contribution in [0.3, 0.4) is 0 Å². The van der Waals surface area contributed by atoms with Gasteiger partial charge >= 0.3 is 5.97 Å². The van der Waals surface area contributed by atoms with Gasteiger partial charge in [0, 0.05) is 7.05 Å². The molecule has 0 aliphatic carbocycles. The fourth-order valence-electron chi connectivity index (χ4n) is 1.54. The SMILES string of the molecule is CN(c1cnc2ccccc2n1)C(C)(C)C(=O)O. The van der Waals surface area contributed by atoms with Crippen molar-refractivity contribution in [3.63, 3.8) is 0 Å². The fourth-order valence-corrected chi connectivity index (χ4v) is 1.54. The molecule has 0 aliphatic rings. The molecule has 2 aromatic rings. The molecule has 5 heteroatoms. The third kappa shape index (κ3) is 1.99. The summed E-state index contributed by atoms with van der Waals surface area (Å²) in [5, 5.41) is 9.20. The summed E-state index contributed by atoms with van der Waals surface area (Å²) in [6.45, 7) is 3.26. The normalized spacial score (nSPS) is 11.5. The Balaban J connectivity index is 2.45. The van der Waals surface area contributed by atoms with Crippen molar-refractivity contribution in [1.29, 1.82) is 0 Å². The highest BCUT2D eigenvalue weighted by molar-refractivity contribution is 5.83. The Morgan fingerprint density at radius 3 is 2.50 bits per heavy atom. The molecular formula is C13H15N3O2. The third-order valence-corrected chi connectivity index (χ3v) is 3.14. The van der Waals surface area contributed by atoms with E-state index in [1.807, 2.05) is 24.3 Å². The Labute approximate surface area is 105 Å². The lowest BCUT2D eigenvalue weighted by Gasteiger charge is -2.32. The smallest absolute Gasteiger partial charge is 0.328 e. The van der Waals surface area contributed by atoms with Crippen molar-refractivity contribution >= 4 is 22.8 Å². The van der Waals surface area contributed by atoms with Gasteiger partial charge in [-0.05, 0) is 26.0 Å². The molecule has 1 aromatic heterocycles. The Morgan fingerprint density at radius 2 is 1.89 bits per heavy atom. The number of hydrogen-bond acceptors (Lipinski definition) is 4. The molecule has 0 bridgehead atoms. The topological polar surface area (TPSA) is 66.3 Å². The molecule has 0 aliphatic heterocycles. The van der Waals surface area contributed by atoms with Gasteiger partial charge < -0.3 is 10.0 Å². The van der Waals surface area contributed by atoms with E-state index in [0.29, 0.717) is 5.82 Å². The lowest BCUT2D eigenvalue weighted by molar-refractivity contribution is -0.142. The van der Waals surface area contributed by atoms with Crippen LogP contribution in [0.1, 0.15) is 13.8 Å². The van der Waals surface area contributed by atoms with E-state index in [9.17, 15) is 9.90 Å². The molecule has 5 nitrogen and oxygen atoms in total. The maximum absolute atomic E-state index is 11.2. The van der Waals surface area contributed by atoms with Gasteiger partial charge in [0.1, 0.15) is 11.4 Å². The third-order valence-electron chi connectivity index (χ3n) is 3.14. The van der Waals surface area contributed by atoms with Crippen molar-refractivity contribution in [2.24, 2.45) is 0 Å². The van der Waals surface area contributed by atoms with E-state index in [4.69, 9.17) is 0 Å². The summed E-state index contributed by atoms with van der Waals surface area (Å²) in [5.41, 5.74) is 0.516. The highest BCUT2D eigenvalue weighted by Crippen LogP contribution is 2.21. The minimum atomic E-state index is -1.03. The zero-order chi connectivity index (χ0) is 13.3. The minimum Gasteiger partial charge on any atom is -0.480 e. The van der Waals surface area contributed by atoms with Crippen molar-refractivity contribution < 1.29 is 9.90 Å². The van der Waals surface area contributed by atoms with Gasteiger partial charge in [0.25, 0.3) is 0 Å². The maximum atomic E-state index is 11.2. The second-order valence-corrected chi connectivity index (χ2v) is 4.64. The predicted molar refractivity (Wildman–Crippen MR) is 69.7 cm³/mol. The molecule has 1 heterocycles. The van der Waals surface area contributed by atoms with E-state index in [2.05, 4.69) is 9.97 Å². The summed E-state index contributed by atoms with van der Waals surface area (Å²) >= 11 is 0. The van der Waals surface area contributed by atoms with Gasteiger partial charge in [0.05, 0.1) is 17.2 Å². The van der Waals surface area contributed by atoms with Crippen molar-refractivity contribution in [3.8, 4) is 0 Å². The number of carbonyl (C=O) groups is 1. The number of hydrogen-bond donors (Lipinski definition) is 1. The second kappa shape index (κ2) is 4.25. The quantitative estimate of drug-likeness (QED) is 0.895. The number of aliphatic carboxylic acids is 1. The molecule has 1 N–H and O–H groups in total. The van der Waals surface area contributed by atoms with Crippen LogP contribution in [0.4, 0.5) is 5.82 Å². The van der Waals surface area contributed by atoms with Gasteiger partial charge in [-0.25, -0.2) is 9.78 Å². The van der Waals surface area contributed by atoms with Crippen LogP contribution in [0.15, 0.2) is 30.5 Å². The number of fused-ring (bicyclic) bond motifs is 1.